The van der Waals surface area contributed by atoms with Crippen LogP contribution in [0.1, 0.15) is 90.9 Å². The van der Waals surface area contributed by atoms with Gasteiger partial charge in [-0.15, -0.1) is 0 Å². The molecular formula is C16H35O4P. The van der Waals surface area contributed by atoms with E-state index in [0.717, 1.165) is 32.1 Å². The second-order valence-corrected chi connectivity index (χ2v) is 7.12. The van der Waals surface area contributed by atoms with E-state index < -0.39 is 7.82 Å². The highest BCUT2D eigenvalue weighted by atomic mass is 31.2. The predicted octanol–water partition coefficient (Wildman–Crippen LogP) is 5.84. The van der Waals surface area contributed by atoms with Crippen molar-refractivity contribution in [3.8, 4) is 0 Å². The Labute approximate surface area is 131 Å². The minimum Gasteiger partial charge on any atom is -0.302 e. The van der Waals surface area contributed by atoms with E-state index in [0.29, 0.717) is 13.2 Å². The molecule has 0 fully saturated rings. The third-order valence-electron chi connectivity index (χ3n) is 3.50. The number of unbranched alkanes of at least 4 members (excludes halogenated alkanes) is 10. The number of hydrogen-bond acceptors (Lipinski definition) is 3. The molecule has 0 aromatic rings. The van der Waals surface area contributed by atoms with Crippen molar-refractivity contribution in [1.82, 2.24) is 0 Å². The van der Waals surface area contributed by atoms with Crippen molar-refractivity contribution in [3.63, 3.8) is 0 Å². The maximum Gasteiger partial charge on any atom is 0.472 e. The van der Waals surface area contributed by atoms with Crippen molar-refractivity contribution in [2.24, 2.45) is 0 Å². The highest BCUT2D eigenvalue weighted by Crippen LogP contribution is 2.43. The lowest BCUT2D eigenvalue weighted by Gasteiger charge is -2.12. The van der Waals surface area contributed by atoms with Gasteiger partial charge in [-0.1, -0.05) is 78.1 Å². The molecular weight excluding hydrogens is 287 g/mol. The molecule has 0 rings (SSSR count). The Morgan fingerprint density at radius 2 is 1.00 bits per heavy atom. The van der Waals surface area contributed by atoms with Crippen LogP contribution in [0.4, 0.5) is 0 Å². The molecule has 1 unspecified atom stereocenters. The Balaban J connectivity index is 3.36. The Kier molecular flexibility index (Phi) is 15.1. The lowest BCUT2D eigenvalue weighted by atomic mass is 10.1. The molecule has 0 aromatic carbocycles. The van der Waals surface area contributed by atoms with Gasteiger partial charge in [0.2, 0.25) is 0 Å². The minimum atomic E-state index is -3.81. The monoisotopic (exact) mass is 322 g/mol. The average molecular weight is 322 g/mol. The van der Waals surface area contributed by atoms with Gasteiger partial charge < -0.3 is 4.89 Å². The van der Waals surface area contributed by atoms with Crippen molar-refractivity contribution in [3.05, 3.63) is 0 Å². The summed E-state index contributed by atoms with van der Waals surface area (Å²) in [5, 5.41) is 0. The predicted molar refractivity (Wildman–Crippen MR) is 88.5 cm³/mol. The summed E-state index contributed by atoms with van der Waals surface area (Å²) in [6.07, 6.45) is 13.6. The fourth-order valence-corrected chi connectivity index (χ4v) is 2.96. The quantitative estimate of drug-likeness (QED) is 0.286. The molecule has 0 radical (unpaired) electrons. The highest BCUT2D eigenvalue weighted by molar-refractivity contribution is 7.47. The van der Waals surface area contributed by atoms with Crippen LogP contribution >= 0.6 is 7.82 Å². The smallest absolute Gasteiger partial charge is 0.302 e. The van der Waals surface area contributed by atoms with Gasteiger partial charge in [-0.05, 0) is 12.8 Å². The molecule has 0 heterocycles. The van der Waals surface area contributed by atoms with Crippen LogP contribution in [0, 0.1) is 0 Å². The summed E-state index contributed by atoms with van der Waals surface area (Å²) in [6, 6.07) is 0. The molecule has 0 spiro atoms. The van der Waals surface area contributed by atoms with Crippen molar-refractivity contribution in [2.75, 3.05) is 13.2 Å². The van der Waals surface area contributed by atoms with E-state index in [1.165, 1.54) is 44.9 Å². The van der Waals surface area contributed by atoms with Gasteiger partial charge in [0, 0.05) is 0 Å². The molecule has 5 heteroatoms. The molecule has 0 aromatic heterocycles. The second kappa shape index (κ2) is 15.0. The fraction of sp³-hybridized carbons (Fsp3) is 1.00. The topological polar surface area (TPSA) is 55.8 Å². The van der Waals surface area contributed by atoms with Crippen LogP contribution in [0.15, 0.2) is 0 Å². The van der Waals surface area contributed by atoms with E-state index in [-0.39, 0.29) is 0 Å². The number of phosphoric acid groups is 1. The van der Waals surface area contributed by atoms with E-state index in [2.05, 4.69) is 13.8 Å². The SMILES string of the molecule is CCCCCCCCCOP(=O)(O)OCCCCCCC. The molecule has 1 N–H and O–H groups in total. The van der Waals surface area contributed by atoms with Crippen molar-refractivity contribution in [2.45, 2.75) is 90.9 Å². The third kappa shape index (κ3) is 16.3. The number of phosphoric ester groups is 1. The van der Waals surface area contributed by atoms with Gasteiger partial charge in [-0.25, -0.2) is 4.57 Å². The maximum atomic E-state index is 11.6. The minimum absolute atomic E-state index is 0.314. The van der Waals surface area contributed by atoms with E-state index in [1.807, 2.05) is 0 Å². The van der Waals surface area contributed by atoms with Crippen molar-refractivity contribution in [1.29, 1.82) is 0 Å². The summed E-state index contributed by atoms with van der Waals surface area (Å²) in [6.45, 7) is 5.00. The molecule has 0 bridgehead atoms. The zero-order valence-electron chi connectivity index (χ0n) is 14.0. The van der Waals surface area contributed by atoms with Gasteiger partial charge >= 0.3 is 7.82 Å². The molecule has 21 heavy (non-hydrogen) atoms. The zero-order chi connectivity index (χ0) is 15.8. The van der Waals surface area contributed by atoms with Crippen LogP contribution in [0.25, 0.3) is 0 Å². The fourth-order valence-electron chi connectivity index (χ4n) is 2.16. The normalized spacial score (nSPS) is 14.2. The first kappa shape index (κ1) is 21.1. The summed E-state index contributed by atoms with van der Waals surface area (Å²) >= 11 is 0. The van der Waals surface area contributed by atoms with E-state index in [9.17, 15) is 9.46 Å². The van der Waals surface area contributed by atoms with E-state index >= 15 is 0 Å². The molecule has 0 aliphatic heterocycles. The lowest BCUT2D eigenvalue weighted by Crippen LogP contribution is -1.99. The van der Waals surface area contributed by atoms with Crippen molar-refractivity contribution < 1.29 is 18.5 Å². The molecule has 1 atom stereocenters. The van der Waals surface area contributed by atoms with Crippen LogP contribution in [-0.4, -0.2) is 18.1 Å². The molecule has 0 aliphatic rings. The second-order valence-electron chi connectivity index (χ2n) is 5.67. The first-order chi connectivity index (χ1) is 10.1. The summed E-state index contributed by atoms with van der Waals surface area (Å²) in [4.78, 5) is 9.50. The largest absolute Gasteiger partial charge is 0.472 e. The average Bonchev–Trinajstić information content (AvgIpc) is 2.45. The molecule has 0 saturated heterocycles. The Hall–Kier alpha value is 0.110. The maximum absolute atomic E-state index is 11.6. The van der Waals surface area contributed by atoms with Crippen LogP contribution in [0.2, 0.25) is 0 Å². The van der Waals surface area contributed by atoms with Crippen LogP contribution in [0.5, 0.6) is 0 Å². The molecule has 128 valence electrons. The van der Waals surface area contributed by atoms with Gasteiger partial charge in [-0.3, -0.25) is 9.05 Å². The first-order valence-corrected chi connectivity index (χ1v) is 10.2. The lowest BCUT2D eigenvalue weighted by molar-refractivity contribution is 0.145. The summed E-state index contributed by atoms with van der Waals surface area (Å²) in [5.41, 5.74) is 0. The molecule has 0 aliphatic carbocycles. The summed E-state index contributed by atoms with van der Waals surface area (Å²) in [7, 11) is -3.81. The van der Waals surface area contributed by atoms with Crippen LogP contribution in [0.3, 0.4) is 0 Å². The van der Waals surface area contributed by atoms with Crippen LogP contribution in [-0.2, 0) is 13.6 Å². The van der Waals surface area contributed by atoms with E-state index in [1.54, 1.807) is 0 Å². The van der Waals surface area contributed by atoms with Gasteiger partial charge in [-0.2, -0.15) is 0 Å². The standard InChI is InChI=1S/C16H35O4P/c1-3-5-7-9-10-12-14-16-20-21(17,18)19-15-13-11-8-6-4-2/h3-16H2,1-2H3,(H,17,18). The van der Waals surface area contributed by atoms with Gasteiger partial charge in [0.25, 0.3) is 0 Å². The Morgan fingerprint density at radius 1 is 0.667 bits per heavy atom. The van der Waals surface area contributed by atoms with Gasteiger partial charge in [0.1, 0.15) is 0 Å². The number of hydrogen-bond donors (Lipinski definition) is 1. The third-order valence-corrected chi connectivity index (χ3v) is 4.52. The van der Waals surface area contributed by atoms with Crippen molar-refractivity contribution >= 4 is 7.82 Å². The number of rotatable bonds is 16. The highest BCUT2D eigenvalue weighted by Gasteiger charge is 2.19. The molecule has 4 nitrogen and oxygen atoms in total. The summed E-state index contributed by atoms with van der Waals surface area (Å²) < 4.78 is 21.5. The first-order valence-electron chi connectivity index (χ1n) is 8.74. The van der Waals surface area contributed by atoms with Gasteiger partial charge in [0.05, 0.1) is 13.2 Å². The Morgan fingerprint density at radius 3 is 1.38 bits per heavy atom. The molecule has 0 saturated carbocycles. The van der Waals surface area contributed by atoms with E-state index in [4.69, 9.17) is 9.05 Å². The molecule has 0 amide bonds. The van der Waals surface area contributed by atoms with Crippen LogP contribution < -0.4 is 0 Å². The Bertz CT molecular complexity index is 259. The summed E-state index contributed by atoms with van der Waals surface area (Å²) in [5.74, 6) is 0. The van der Waals surface area contributed by atoms with Gasteiger partial charge in [0.15, 0.2) is 0 Å². The zero-order valence-corrected chi connectivity index (χ0v) is 14.9.